The molecule has 1 aromatic heterocycles. The first-order valence-electron chi connectivity index (χ1n) is 7.64. The molecule has 1 aromatic rings. The molecule has 0 radical (unpaired) electrons. The third-order valence-electron chi connectivity index (χ3n) is 3.46. The van der Waals surface area contributed by atoms with E-state index in [1.165, 1.54) is 6.08 Å². The summed E-state index contributed by atoms with van der Waals surface area (Å²) in [5.41, 5.74) is 0. The van der Waals surface area contributed by atoms with Gasteiger partial charge in [0.2, 0.25) is 11.8 Å². The summed E-state index contributed by atoms with van der Waals surface area (Å²) in [6.07, 6.45) is 4.10. The second-order valence-corrected chi connectivity index (χ2v) is 5.48. The first-order valence-corrected chi connectivity index (χ1v) is 7.64. The number of nitrogens with one attached hydrogen (secondary N) is 1. The second kappa shape index (κ2) is 8.42. The zero-order valence-electron chi connectivity index (χ0n) is 13.3. The molecule has 8 nitrogen and oxygen atoms in total. The SMILES string of the molecule is C=CC(=O)NCCCN(C)C(=O)COCc1nc(C2CC2)no1. The molecule has 0 bridgehead atoms. The van der Waals surface area contributed by atoms with Gasteiger partial charge in [0, 0.05) is 26.1 Å². The van der Waals surface area contributed by atoms with Crippen molar-refractivity contribution in [2.24, 2.45) is 0 Å². The minimum atomic E-state index is -0.215. The van der Waals surface area contributed by atoms with Crippen LogP contribution in [-0.2, 0) is 20.9 Å². The molecule has 1 aliphatic carbocycles. The van der Waals surface area contributed by atoms with Gasteiger partial charge >= 0.3 is 0 Å². The fourth-order valence-electron chi connectivity index (χ4n) is 1.89. The van der Waals surface area contributed by atoms with Gasteiger partial charge in [0.15, 0.2) is 5.82 Å². The van der Waals surface area contributed by atoms with Crippen molar-refractivity contribution >= 4 is 11.8 Å². The molecule has 2 amide bonds. The topological polar surface area (TPSA) is 97.6 Å². The van der Waals surface area contributed by atoms with Crippen molar-refractivity contribution in [2.75, 3.05) is 26.7 Å². The van der Waals surface area contributed by atoms with Gasteiger partial charge in [-0.1, -0.05) is 11.7 Å². The van der Waals surface area contributed by atoms with Crippen LogP contribution in [-0.4, -0.2) is 53.6 Å². The summed E-state index contributed by atoms with van der Waals surface area (Å²) in [5, 5.41) is 6.53. The Morgan fingerprint density at radius 2 is 2.30 bits per heavy atom. The predicted molar refractivity (Wildman–Crippen MR) is 81.4 cm³/mol. The molecular weight excluding hydrogens is 300 g/mol. The van der Waals surface area contributed by atoms with E-state index in [1.807, 2.05) is 0 Å². The molecule has 0 atom stereocenters. The van der Waals surface area contributed by atoms with Crippen molar-refractivity contribution in [2.45, 2.75) is 31.8 Å². The number of carbonyl (C=O) groups excluding carboxylic acids is 2. The van der Waals surface area contributed by atoms with Crippen LogP contribution in [0, 0.1) is 0 Å². The van der Waals surface area contributed by atoms with Gasteiger partial charge in [0.25, 0.3) is 5.89 Å². The Hall–Kier alpha value is -2.22. The number of amides is 2. The van der Waals surface area contributed by atoms with Crippen LogP contribution in [0.4, 0.5) is 0 Å². The number of nitrogens with zero attached hydrogens (tertiary/aromatic N) is 3. The van der Waals surface area contributed by atoms with Crippen LogP contribution in [0.25, 0.3) is 0 Å². The minimum Gasteiger partial charge on any atom is -0.362 e. The van der Waals surface area contributed by atoms with Crippen LogP contribution < -0.4 is 5.32 Å². The Morgan fingerprint density at radius 1 is 1.52 bits per heavy atom. The number of aromatic nitrogens is 2. The molecule has 1 aliphatic rings. The summed E-state index contributed by atoms with van der Waals surface area (Å²) >= 11 is 0. The Morgan fingerprint density at radius 3 is 3.00 bits per heavy atom. The zero-order chi connectivity index (χ0) is 16.7. The van der Waals surface area contributed by atoms with E-state index >= 15 is 0 Å². The Labute approximate surface area is 134 Å². The molecule has 1 fully saturated rings. The molecule has 0 unspecified atom stereocenters. The number of hydrogen-bond donors (Lipinski definition) is 1. The second-order valence-electron chi connectivity index (χ2n) is 5.48. The van der Waals surface area contributed by atoms with Gasteiger partial charge in [-0.25, -0.2) is 0 Å². The maximum absolute atomic E-state index is 11.9. The van der Waals surface area contributed by atoms with Crippen molar-refractivity contribution in [3.8, 4) is 0 Å². The minimum absolute atomic E-state index is 0.0450. The molecule has 0 aliphatic heterocycles. The van der Waals surface area contributed by atoms with Gasteiger partial charge in [0.05, 0.1) is 0 Å². The first kappa shape index (κ1) is 17.1. The number of likely N-dealkylation sites (N-methyl/N-ethyl adjacent to an activating group) is 1. The Balaban J connectivity index is 1.57. The van der Waals surface area contributed by atoms with E-state index in [4.69, 9.17) is 9.26 Å². The van der Waals surface area contributed by atoms with E-state index < -0.39 is 0 Å². The lowest BCUT2D eigenvalue weighted by Gasteiger charge is -2.16. The largest absolute Gasteiger partial charge is 0.362 e. The van der Waals surface area contributed by atoms with Crippen LogP contribution in [0.15, 0.2) is 17.2 Å². The molecule has 1 heterocycles. The van der Waals surface area contributed by atoms with Crippen LogP contribution in [0.1, 0.15) is 36.9 Å². The highest BCUT2D eigenvalue weighted by Crippen LogP contribution is 2.38. The summed E-state index contributed by atoms with van der Waals surface area (Å²) in [6.45, 7) is 4.48. The first-order chi connectivity index (χ1) is 11.1. The van der Waals surface area contributed by atoms with Crippen molar-refractivity contribution in [3.05, 3.63) is 24.4 Å². The average Bonchev–Trinajstić information content (AvgIpc) is 3.30. The third kappa shape index (κ3) is 5.82. The molecule has 8 heteroatoms. The predicted octanol–water partition coefficient (Wildman–Crippen LogP) is 0.614. The fourth-order valence-corrected chi connectivity index (χ4v) is 1.89. The molecule has 0 saturated heterocycles. The van der Waals surface area contributed by atoms with Crippen LogP contribution in [0.3, 0.4) is 0 Å². The number of ether oxygens (including phenoxy) is 1. The molecule has 126 valence electrons. The van der Waals surface area contributed by atoms with Gasteiger partial charge in [-0.05, 0) is 25.3 Å². The van der Waals surface area contributed by atoms with Crippen molar-refractivity contribution < 1.29 is 18.8 Å². The average molecular weight is 322 g/mol. The van der Waals surface area contributed by atoms with Crippen molar-refractivity contribution in [1.82, 2.24) is 20.4 Å². The number of hydrogen-bond acceptors (Lipinski definition) is 6. The van der Waals surface area contributed by atoms with Crippen LogP contribution >= 0.6 is 0 Å². The third-order valence-corrected chi connectivity index (χ3v) is 3.46. The monoisotopic (exact) mass is 322 g/mol. The molecule has 23 heavy (non-hydrogen) atoms. The van der Waals surface area contributed by atoms with E-state index in [0.29, 0.717) is 31.3 Å². The number of carbonyl (C=O) groups is 2. The van der Waals surface area contributed by atoms with Gasteiger partial charge in [-0.3, -0.25) is 9.59 Å². The Kier molecular flexibility index (Phi) is 6.28. The highest BCUT2D eigenvalue weighted by atomic mass is 16.5. The maximum Gasteiger partial charge on any atom is 0.252 e. The van der Waals surface area contributed by atoms with Crippen LogP contribution in [0.2, 0.25) is 0 Å². The lowest BCUT2D eigenvalue weighted by Crippen LogP contribution is -2.33. The number of rotatable bonds is 10. The maximum atomic E-state index is 11.9. The van der Waals surface area contributed by atoms with Gasteiger partial charge in [-0.2, -0.15) is 4.98 Å². The van der Waals surface area contributed by atoms with Crippen molar-refractivity contribution in [1.29, 1.82) is 0 Å². The Bertz CT molecular complexity index is 553. The summed E-state index contributed by atoms with van der Waals surface area (Å²) in [6, 6.07) is 0. The standard InChI is InChI=1S/C15H22N4O4/c1-3-12(20)16-7-4-8-19(2)14(21)10-22-9-13-17-15(18-23-13)11-5-6-11/h3,11H,1,4-10H2,2H3,(H,16,20). The van der Waals surface area contributed by atoms with E-state index in [9.17, 15) is 9.59 Å². The summed E-state index contributed by atoms with van der Waals surface area (Å²) in [5.74, 6) is 1.21. The van der Waals surface area contributed by atoms with Crippen LogP contribution in [0.5, 0.6) is 0 Å². The summed E-state index contributed by atoms with van der Waals surface area (Å²) < 4.78 is 10.4. The molecule has 1 N–H and O–H groups in total. The van der Waals surface area contributed by atoms with Gasteiger partial charge in [0.1, 0.15) is 13.2 Å². The molecule has 0 aromatic carbocycles. The zero-order valence-corrected chi connectivity index (χ0v) is 13.3. The van der Waals surface area contributed by atoms with E-state index in [1.54, 1.807) is 11.9 Å². The summed E-state index contributed by atoms with van der Waals surface area (Å²) in [7, 11) is 1.69. The van der Waals surface area contributed by atoms with E-state index in [0.717, 1.165) is 18.7 Å². The fraction of sp³-hybridized carbons (Fsp3) is 0.600. The highest BCUT2D eigenvalue weighted by Gasteiger charge is 2.28. The molecule has 2 rings (SSSR count). The smallest absolute Gasteiger partial charge is 0.252 e. The lowest BCUT2D eigenvalue weighted by atomic mass is 10.3. The lowest BCUT2D eigenvalue weighted by molar-refractivity contribution is -0.135. The summed E-state index contributed by atoms with van der Waals surface area (Å²) in [4.78, 5) is 28.6. The quantitative estimate of drug-likeness (QED) is 0.501. The normalized spacial score (nSPS) is 13.6. The van der Waals surface area contributed by atoms with Gasteiger partial charge in [-0.15, -0.1) is 0 Å². The molecule has 1 saturated carbocycles. The molecular formula is C15H22N4O4. The van der Waals surface area contributed by atoms with E-state index in [-0.39, 0.29) is 25.0 Å². The van der Waals surface area contributed by atoms with Gasteiger partial charge < -0.3 is 19.5 Å². The molecule has 0 spiro atoms. The van der Waals surface area contributed by atoms with Crippen molar-refractivity contribution in [3.63, 3.8) is 0 Å². The highest BCUT2D eigenvalue weighted by molar-refractivity contribution is 5.86. The van der Waals surface area contributed by atoms with E-state index in [2.05, 4.69) is 22.0 Å².